The number of nitrogens with one attached hydrogen (secondary N) is 2. The minimum atomic E-state index is -0.969. The summed E-state index contributed by atoms with van der Waals surface area (Å²) in [5.41, 5.74) is 0.327. The van der Waals surface area contributed by atoms with Gasteiger partial charge in [0.15, 0.2) is 11.6 Å². The second-order valence-electron chi connectivity index (χ2n) is 5.34. The average Bonchev–Trinajstić information content (AvgIpc) is 3.25. The largest absolute Gasteiger partial charge is 0.387 e. The highest BCUT2D eigenvalue weighted by molar-refractivity contribution is 5.76. The number of aliphatic hydroxyl groups excluding tert-OH is 1. The van der Waals surface area contributed by atoms with E-state index in [2.05, 4.69) is 10.6 Å². The molecule has 3 N–H and O–H groups in total. The lowest BCUT2D eigenvalue weighted by atomic mass is 10.1. The molecule has 1 atom stereocenters. The Hall–Kier alpha value is -1.53. The van der Waals surface area contributed by atoms with E-state index >= 15 is 0 Å². The molecule has 0 aliphatic heterocycles. The third-order valence-electron chi connectivity index (χ3n) is 3.37. The van der Waals surface area contributed by atoms with Crippen molar-refractivity contribution < 1.29 is 18.7 Å². The first kappa shape index (κ1) is 15.9. The van der Waals surface area contributed by atoms with Gasteiger partial charge >= 0.3 is 0 Å². The molecule has 1 aromatic rings. The van der Waals surface area contributed by atoms with Gasteiger partial charge in [-0.15, -0.1) is 0 Å². The van der Waals surface area contributed by atoms with Gasteiger partial charge in [-0.2, -0.15) is 0 Å². The van der Waals surface area contributed by atoms with Gasteiger partial charge in [0.25, 0.3) is 0 Å². The summed E-state index contributed by atoms with van der Waals surface area (Å²) < 4.78 is 25.8. The van der Waals surface area contributed by atoms with Gasteiger partial charge in [-0.3, -0.25) is 4.79 Å². The van der Waals surface area contributed by atoms with Crippen molar-refractivity contribution >= 4 is 5.91 Å². The van der Waals surface area contributed by atoms with Gasteiger partial charge in [-0.05, 0) is 43.5 Å². The summed E-state index contributed by atoms with van der Waals surface area (Å²) in [6, 6.07) is 3.72. The molecule has 0 heterocycles. The maximum atomic E-state index is 13.0. The van der Waals surface area contributed by atoms with Crippen molar-refractivity contribution in [2.24, 2.45) is 0 Å². The summed E-state index contributed by atoms with van der Waals surface area (Å²) in [5.74, 6) is -1.84. The molecular weight excluding hydrogens is 278 g/mol. The first-order valence-electron chi connectivity index (χ1n) is 7.19. The lowest BCUT2D eigenvalue weighted by molar-refractivity contribution is -0.121. The standard InChI is InChI=1S/C15H20F2N2O2/c16-12-6-3-10(8-13(12)17)14(20)9-18-7-1-2-15(21)19-11-4-5-11/h3,6,8,11,14,18,20H,1-2,4-5,7,9H2,(H,19,21). The van der Waals surface area contributed by atoms with Gasteiger partial charge in [-0.25, -0.2) is 8.78 Å². The third kappa shape index (κ3) is 5.40. The van der Waals surface area contributed by atoms with E-state index in [0.29, 0.717) is 31.0 Å². The zero-order valence-corrected chi connectivity index (χ0v) is 11.7. The van der Waals surface area contributed by atoms with E-state index in [-0.39, 0.29) is 12.5 Å². The van der Waals surface area contributed by atoms with Crippen LogP contribution in [0.3, 0.4) is 0 Å². The molecule has 4 nitrogen and oxygen atoms in total. The molecule has 1 saturated carbocycles. The fraction of sp³-hybridized carbons (Fsp3) is 0.533. The number of hydrogen-bond acceptors (Lipinski definition) is 3. The van der Waals surface area contributed by atoms with Gasteiger partial charge in [0.2, 0.25) is 5.91 Å². The monoisotopic (exact) mass is 298 g/mol. The Morgan fingerprint density at radius 1 is 1.33 bits per heavy atom. The van der Waals surface area contributed by atoms with E-state index in [4.69, 9.17) is 0 Å². The Kier molecular flexibility index (Phi) is 5.64. The van der Waals surface area contributed by atoms with Crippen molar-refractivity contribution in [2.45, 2.75) is 37.8 Å². The normalized spacial score (nSPS) is 15.8. The van der Waals surface area contributed by atoms with Crippen molar-refractivity contribution in [2.75, 3.05) is 13.1 Å². The van der Waals surface area contributed by atoms with Crippen molar-refractivity contribution in [3.63, 3.8) is 0 Å². The van der Waals surface area contributed by atoms with E-state index in [1.807, 2.05) is 0 Å². The number of rotatable bonds is 8. The van der Waals surface area contributed by atoms with Crippen molar-refractivity contribution in [3.8, 4) is 0 Å². The van der Waals surface area contributed by atoms with Crippen LogP contribution in [-0.4, -0.2) is 30.1 Å². The van der Waals surface area contributed by atoms with Gasteiger partial charge < -0.3 is 15.7 Å². The number of benzene rings is 1. The number of carbonyl (C=O) groups excluding carboxylic acids is 1. The van der Waals surface area contributed by atoms with E-state index in [1.165, 1.54) is 6.07 Å². The second kappa shape index (κ2) is 7.47. The van der Waals surface area contributed by atoms with Crippen LogP contribution in [0.15, 0.2) is 18.2 Å². The molecule has 21 heavy (non-hydrogen) atoms. The number of carbonyl (C=O) groups is 1. The molecule has 2 rings (SSSR count). The van der Waals surface area contributed by atoms with Crippen LogP contribution in [-0.2, 0) is 4.79 Å². The van der Waals surface area contributed by atoms with Gasteiger partial charge in [-0.1, -0.05) is 6.07 Å². The summed E-state index contributed by atoms with van der Waals surface area (Å²) in [4.78, 5) is 11.4. The molecule has 1 aromatic carbocycles. The number of hydrogen-bond donors (Lipinski definition) is 3. The third-order valence-corrected chi connectivity index (χ3v) is 3.37. The predicted octanol–water partition coefficient (Wildman–Crippen LogP) is 1.65. The summed E-state index contributed by atoms with van der Waals surface area (Å²) >= 11 is 0. The topological polar surface area (TPSA) is 61.4 Å². The minimum Gasteiger partial charge on any atom is -0.387 e. The first-order valence-corrected chi connectivity index (χ1v) is 7.19. The molecule has 1 aliphatic rings. The van der Waals surface area contributed by atoms with Gasteiger partial charge in [0.05, 0.1) is 6.10 Å². The molecule has 1 aliphatic carbocycles. The van der Waals surface area contributed by atoms with Crippen LogP contribution in [0.5, 0.6) is 0 Å². The molecule has 0 saturated heterocycles. The number of amides is 1. The summed E-state index contributed by atoms with van der Waals surface area (Å²) in [7, 11) is 0. The Morgan fingerprint density at radius 3 is 2.76 bits per heavy atom. The fourth-order valence-electron chi connectivity index (χ4n) is 1.98. The molecule has 0 spiro atoms. The number of halogens is 2. The smallest absolute Gasteiger partial charge is 0.220 e. The Labute approximate surface area is 122 Å². The lowest BCUT2D eigenvalue weighted by Gasteiger charge is -2.12. The minimum absolute atomic E-state index is 0.0560. The molecule has 1 unspecified atom stereocenters. The summed E-state index contributed by atoms with van der Waals surface area (Å²) in [6.45, 7) is 0.814. The maximum absolute atomic E-state index is 13.0. The molecule has 0 bridgehead atoms. The number of aliphatic hydroxyl groups is 1. The highest BCUT2D eigenvalue weighted by Crippen LogP contribution is 2.18. The van der Waals surface area contributed by atoms with Crippen LogP contribution in [0.4, 0.5) is 8.78 Å². The Balaban J connectivity index is 1.61. The summed E-state index contributed by atoms with van der Waals surface area (Å²) in [5, 5.41) is 15.7. The zero-order chi connectivity index (χ0) is 15.2. The molecule has 1 fully saturated rings. The average molecular weight is 298 g/mol. The van der Waals surface area contributed by atoms with Crippen LogP contribution < -0.4 is 10.6 Å². The van der Waals surface area contributed by atoms with E-state index in [9.17, 15) is 18.7 Å². The Morgan fingerprint density at radius 2 is 2.10 bits per heavy atom. The quantitative estimate of drug-likeness (QED) is 0.640. The van der Waals surface area contributed by atoms with Crippen LogP contribution in [0.1, 0.15) is 37.4 Å². The molecule has 1 amide bonds. The van der Waals surface area contributed by atoms with E-state index in [1.54, 1.807) is 0 Å². The van der Waals surface area contributed by atoms with Gasteiger partial charge in [0, 0.05) is 19.0 Å². The van der Waals surface area contributed by atoms with E-state index < -0.39 is 17.7 Å². The maximum Gasteiger partial charge on any atom is 0.220 e. The van der Waals surface area contributed by atoms with Gasteiger partial charge in [0.1, 0.15) is 0 Å². The Bertz CT molecular complexity index is 493. The van der Waals surface area contributed by atoms with Crippen molar-refractivity contribution in [3.05, 3.63) is 35.4 Å². The molecular formula is C15H20F2N2O2. The zero-order valence-electron chi connectivity index (χ0n) is 11.7. The molecule has 6 heteroatoms. The van der Waals surface area contributed by atoms with E-state index in [0.717, 1.165) is 25.0 Å². The molecule has 116 valence electrons. The SMILES string of the molecule is O=C(CCCNCC(O)c1ccc(F)c(F)c1)NC1CC1. The lowest BCUT2D eigenvalue weighted by Crippen LogP contribution is -2.27. The predicted molar refractivity (Wildman–Crippen MR) is 74.6 cm³/mol. The molecule has 0 aromatic heterocycles. The van der Waals surface area contributed by atoms with Crippen LogP contribution in [0.25, 0.3) is 0 Å². The second-order valence-corrected chi connectivity index (χ2v) is 5.34. The summed E-state index contributed by atoms with van der Waals surface area (Å²) in [6.07, 6.45) is 2.36. The highest BCUT2D eigenvalue weighted by atomic mass is 19.2. The molecule has 0 radical (unpaired) electrons. The first-order chi connectivity index (χ1) is 10.1. The van der Waals surface area contributed by atoms with Crippen LogP contribution >= 0.6 is 0 Å². The highest BCUT2D eigenvalue weighted by Gasteiger charge is 2.22. The van der Waals surface area contributed by atoms with Crippen LogP contribution in [0.2, 0.25) is 0 Å². The van der Waals surface area contributed by atoms with Crippen LogP contribution in [0, 0.1) is 11.6 Å². The van der Waals surface area contributed by atoms with Crippen molar-refractivity contribution in [1.29, 1.82) is 0 Å². The van der Waals surface area contributed by atoms with Crippen molar-refractivity contribution in [1.82, 2.24) is 10.6 Å². The fourth-order valence-corrected chi connectivity index (χ4v) is 1.98.